The van der Waals surface area contributed by atoms with E-state index in [4.69, 9.17) is 5.73 Å². The van der Waals surface area contributed by atoms with Gasteiger partial charge in [-0.2, -0.15) is 0 Å². The molecule has 0 bridgehead atoms. The van der Waals surface area contributed by atoms with Crippen LogP contribution in [0.3, 0.4) is 0 Å². The van der Waals surface area contributed by atoms with Gasteiger partial charge < -0.3 is 5.73 Å². The van der Waals surface area contributed by atoms with Gasteiger partial charge >= 0.3 is 0 Å². The van der Waals surface area contributed by atoms with E-state index in [1.165, 1.54) is 52.6 Å². The number of rotatable bonds is 3. The van der Waals surface area contributed by atoms with Crippen molar-refractivity contribution in [2.75, 3.05) is 0 Å². The Morgan fingerprint density at radius 1 is 0.950 bits per heavy atom. The average molecular weight is 265 g/mol. The molecule has 0 fully saturated rings. The van der Waals surface area contributed by atoms with Crippen molar-refractivity contribution in [1.29, 1.82) is 0 Å². The molecule has 2 aromatic rings. The van der Waals surface area contributed by atoms with Crippen LogP contribution in [0.25, 0.3) is 0 Å². The second kappa shape index (κ2) is 5.41. The van der Waals surface area contributed by atoms with E-state index in [2.05, 4.69) is 50.2 Å². The predicted molar refractivity (Wildman–Crippen MR) is 85.0 cm³/mol. The maximum absolute atomic E-state index is 6.39. The van der Waals surface area contributed by atoms with E-state index in [-0.39, 0.29) is 6.04 Å². The van der Waals surface area contributed by atoms with Crippen LogP contribution < -0.4 is 5.73 Å². The van der Waals surface area contributed by atoms with Gasteiger partial charge in [0.2, 0.25) is 0 Å². The molecule has 1 atom stereocenters. The van der Waals surface area contributed by atoms with E-state index < -0.39 is 0 Å². The molecule has 104 valence electrons. The second-order valence-electron chi connectivity index (χ2n) is 6.11. The summed E-state index contributed by atoms with van der Waals surface area (Å²) in [5, 5.41) is 0. The summed E-state index contributed by atoms with van der Waals surface area (Å²) >= 11 is 0. The van der Waals surface area contributed by atoms with Crippen molar-refractivity contribution in [3.8, 4) is 0 Å². The zero-order chi connectivity index (χ0) is 14.1. The molecule has 20 heavy (non-hydrogen) atoms. The van der Waals surface area contributed by atoms with Gasteiger partial charge in [0.1, 0.15) is 0 Å². The summed E-state index contributed by atoms with van der Waals surface area (Å²) in [7, 11) is 0. The molecule has 2 aromatic carbocycles. The first kappa shape index (κ1) is 13.4. The monoisotopic (exact) mass is 265 g/mol. The second-order valence-corrected chi connectivity index (χ2v) is 6.11. The summed E-state index contributed by atoms with van der Waals surface area (Å²) in [6.45, 7) is 4.30. The number of benzene rings is 2. The molecule has 0 aromatic heterocycles. The molecule has 3 rings (SSSR count). The summed E-state index contributed by atoms with van der Waals surface area (Å²) in [5.41, 5.74) is 14.7. The van der Waals surface area contributed by atoms with Crippen LogP contribution >= 0.6 is 0 Å². The summed E-state index contributed by atoms with van der Waals surface area (Å²) < 4.78 is 0. The molecule has 0 heterocycles. The molecule has 1 aliphatic carbocycles. The lowest BCUT2D eigenvalue weighted by Gasteiger charge is -2.14. The van der Waals surface area contributed by atoms with Crippen LogP contribution in [0.2, 0.25) is 0 Å². The molecule has 0 radical (unpaired) electrons. The number of aryl methyl sites for hydroxylation is 4. The van der Waals surface area contributed by atoms with Crippen molar-refractivity contribution >= 4 is 0 Å². The van der Waals surface area contributed by atoms with Crippen LogP contribution in [-0.4, -0.2) is 0 Å². The number of fused-ring (bicyclic) bond motifs is 1. The maximum atomic E-state index is 6.39. The highest BCUT2D eigenvalue weighted by atomic mass is 14.6. The minimum Gasteiger partial charge on any atom is -0.324 e. The fourth-order valence-electron chi connectivity index (χ4n) is 3.12. The lowest BCUT2D eigenvalue weighted by atomic mass is 9.95. The van der Waals surface area contributed by atoms with E-state index in [1.54, 1.807) is 0 Å². The zero-order valence-electron chi connectivity index (χ0n) is 12.4. The molecule has 0 aliphatic heterocycles. The highest BCUT2D eigenvalue weighted by Gasteiger charge is 2.13. The molecule has 2 N–H and O–H groups in total. The third kappa shape index (κ3) is 2.64. The van der Waals surface area contributed by atoms with Gasteiger partial charge in [-0.3, -0.25) is 0 Å². The van der Waals surface area contributed by atoms with Crippen molar-refractivity contribution in [3.05, 3.63) is 69.8 Å². The SMILES string of the molecule is Cc1ccc(C(N)Cc2ccc3c(c2)CCC3)cc1C. The van der Waals surface area contributed by atoms with Gasteiger partial charge in [-0.15, -0.1) is 0 Å². The molecular formula is C19H23N. The molecule has 0 saturated heterocycles. The first-order valence-electron chi connectivity index (χ1n) is 7.57. The summed E-state index contributed by atoms with van der Waals surface area (Å²) in [4.78, 5) is 0. The zero-order valence-corrected chi connectivity index (χ0v) is 12.4. The van der Waals surface area contributed by atoms with Crippen molar-refractivity contribution in [3.63, 3.8) is 0 Å². The first-order chi connectivity index (χ1) is 9.63. The van der Waals surface area contributed by atoms with Gasteiger partial charge in [-0.1, -0.05) is 36.4 Å². The minimum absolute atomic E-state index is 0.0914. The fraction of sp³-hybridized carbons (Fsp3) is 0.368. The Balaban J connectivity index is 1.78. The third-order valence-electron chi connectivity index (χ3n) is 4.58. The summed E-state index contributed by atoms with van der Waals surface area (Å²) in [5.74, 6) is 0. The lowest BCUT2D eigenvalue weighted by molar-refractivity contribution is 0.720. The van der Waals surface area contributed by atoms with E-state index in [1.807, 2.05) is 0 Å². The van der Waals surface area contributed by atoms with Crippen molar-refractivity contribution in [2.24, 2.45) is 5.73 Å². The maximum Gasteiger partial charge on any atom is 0.0335 e. The molecule has 0 amide bonds. The van der Waals surface area contributed by atoms with Gasteiger partial charge in [0.05, 0.1) is 0 Å². The van der Waals surface area contributed by atoms with E-state index in [0.717, 1.165) is 6.42 Å². The average Bonchev–Trinajstić information content (AvgIpc) is 2.89. The molecule has 1 aliphatic rings. The largest absolute Gasteiger partial charge is 0.324 e. The smallest absolute Gasteiger partial charge is 0.0335 e. The van der Waals surface area contributed by atoms with E-state index in [0.29, 0.717) is 0 Å². The first-order valence-corrected chi connectivity index (χ1v) is 7.57. The summed E-state index contributed by atoms with van der Waals surface area (Å²) in [6.07, 6.45) is 4.72. The molecule has 1 nitrogen and oxygen atoms in total. The summed E-state index contributed by atoms with van der Waals surface area (Å²) in [6, 6.07) is 13.6. The van der Waals surface area contributed by atoms with Crippen LogP contribution in [0, 0.1) is 13.8 Å². The van der Waals surface area contributed by atoms with Crippen molar-refractivity contribution in [1.82, 2.24) is 0 Å². The molecule has 1 heteroatoms. The number of hydrogen-bond acceptors (Lipinski definition) is 1. The van der Waals surface area contributed by atoms with Crippen LogP contribution in [0.5, 0.6) is 0 Å². The Hall–Kier alpha value is -1.60. The predicted octanol–water partition coefficient (Wildman–Crippen LogP) is 4.03. The van der Waals surface area contributed by atoms with Crippen molar-refractivity contribution < 1.29 is 0 Å². The molecule has 0 spiro atoms. The topological polar surface area (TPSA) is 26.0 Å². The molecule has 1 unspecified atom stereocenters. The van der Waals surface area contributed by atoms with E-state index >= 15 is 0 Å². The molecular weight excluding hydrogens is 242 g/mol. The normalized spacial score (nSPS) is 15.2. The standard InChI is InChI=1S/C19H23N/c1-13-6-8-18(10-14(13)2)19(20)12-15-7-9-16-4-3-5-17(16)11-15/h6-11,19H,3-5,12,20H2,1-2H3. The lowest BCUT2D eigenvalue weighted by Crippen LogP contribution is -2.13. The van der Waals surface area contributed by atoms with Gasteiger partial charge in [0, 0.05) is 6.04 Å². The van der Waals surface area contributed by atoms with Crippen LogP contribution in [-0.2, 0) is 19.3 Å². The van der Waals surface area contributed by atoms with Gasteiger partial charge in [-0.25, -0.2) is 0 Å². The van der Waals surface area contributed by atoms with Crippen LogP contribution in [0.4, 0.5) is 0 Å². The Bertz CT molecular complexity index is 628. The molecule has 0 saturated carbocycles. The fourth-order valence-corrected chi connectivity index (χ4v) is 3.12. The van der Waals surface area contributed by atoms with Crippen LogP contribution in [0.1, 0.15) is 45.8 Å². The van der Waals surface area contributed by atoms with Crippen molar-refractivity contribution in [2.45, 2.75) is 45.6 Å². The van der Waals surface area contributed by atoms with Gasteiger partial charge in [0.25, 0.3) is 0 Å². The quantitative estimate of drug-likeness (QED) is 0.890. The van der Waals surface area contributed by atoms with Gasteiger partial charge in [-0.05, 0) is 72.9 Å². The highest BCUT2D eigenvalue weighted by molar-refractivity contribution is 5.37. The Morgan fingerprint density at radius 3 is 2.55 bits per heavy atom. The van der Waals surface area contributed by atoms with Gasteiger partial charge in [0.15, 0.2) is 0 Å². The third-order valence-corrected chi connectivity index (χ3v) is 4.58. The Labute approximate surface area is 121 Å². The minimum atomic E-state index is 0.0914. The highest BCUT2D eigenvalue weighted by Crippen LogP contribution is 2.25. The Morgan fingerprint density at radius 2 is 1.75 bits per heavy atom. The number of nitrogens with two attached hydrogens (primary N) is 1. The Kier molecular flexibility index (Phi) is 3.62. The number of hydrogen-bond donors (Lipinski definition) is 1. The van der Waals surface area contributed by atoms with Crippen LogP contribution in [0.15, 0.2) is 36.4 Å². The van der Waals surface area contributed by atoms with E-state index in [9.17, 15) is 0 Å².